The van der Waals surface area contributed by atoms with E-state index in [2.05, 4.69) is 0 Å². The molecule has 132 valence electrons. The van der Waals surface area contributed by atoms with Crippen LogP contribution >= 0.6 is 0 Å². The van der Waals surface area contributed by atoms with Gasteiger partial charge in [0, 0.05) is 13.1 Å². The molecule has 0 bridgehead atoms. The molecule has 1 unspecified atom stereocenters. The van der Waals surface area contributed by atoms with E-state index in [4.69, 9.17) is 4.74 Å². The fourth-order valence-corrected chi connectivity index (χ4v) is 2.78. The van der Waals surface area contributed by atoms with Crippen LogP contribution in [0.1, 0.15) is 30.9 Å². The molecular weight excluding hydrogens is 317 g/mol. The Kier molecular flexibility index (Phi) is 5.82. The summed E-state index contributed by atoms with van der Waals surface area (Å²) in [4.78, 5) is 14.7. The molecule has 0 spiro atoms. The summed E-state index contributed by atoms with van der Waals surface area (Å²) in [6.45, 7) is 3.46. The second kappa shape index (κ2) is 8.26. The molecule has 1 atom stereocenters. The first-order chi connectivity index (χ1) is 12.1. The standard InChI is InChI=1S/C21H24FNO2/c1-16(25-15-19-5-3-2-4-6-19)21(24)23(13-17-7-8-17)14-18-9-11-20(22)12-10-18/h2-6,9-12,16-17H,7-8,13-15H2,1H3. The lowest BCUT2D eigenvalue weighted by Crippen LogP contribution is -2.39. The first-order valence-corrected chi connectivity index (χ1v) is 8.80. The zero-order chi connectivity index (χ0) is 17.6. The van der Waals surface area contributed by atoms with Crippen molar-refractivity contribution in [1.82, 2.24) is 4.90 Å². The van der Waals surface area contributed by atoms with Crippen molar-refractivity contribution in [2.45, 2.75) is 39.0 Å². The van der Waals surface area contributed by atoms with Gasteiger partial charge in [-0.05, 0) is 48.9 Å². The van der Waals surface area contributed by atoms with Crippen LogP contribution in [0, 0.1) is 11.7 Å². The average Bonchev–Trinajstić information content (AvgIpc) is 3.45. The van der Waals surface area contributed by atoms with Crippen molar-refractivity contribution in [3.05, 3.63) is 71.5 Å². The number of benzene rings is 2. The molecule has 2 aromatic rings. The smallest absolute Gasteiger partial charge is 0.251 e. The molecule has 3 nitrogen and oxygen atoms in total. The van der Waals surface area contributed by atoms with E-state index in [9.17, 15) is 9.18 Å². The number of nitrogens with zero attached hydrogens (tertiary/aromatic N) is 1. The Bertz CT molecular complexity index is 683. The van der Waals surface area contributed by atoms with Gasteiger partial charge in [-0.1, -0.05) is 42.5 Å². The molecule has 0 radical (unpaired) electrons. The fourth-order valence-electron chi connectivity index (χ4n) is 2.78. The molecule has 0 aromatic heterocycles. The van der Waals surface area contributed by atoms with Crippen molar-refractivity contribution >= 4 is 5.91 Å². The highest BCUT2D eigenvalue weighted by molar-refractivity contribution is 5.80. The summed E-state index contributed by atoms with van der Waals surface area (Å²) in [5.74, 6) is 0.321. The third-order valence-electron chi connectivity index (χ3n) is 4.46. The van der Waals surface area contributed by atoms with Gasteiger partial charge in [0.05, 0.1) is 6.61 Å². The zero-order valence-electron chi connectivity index (χ0n) is 14.5. The number of hydrogen-bond donors (Lipinski definition) is 0. The number of hydrogen-bond acceptors (Lipinski definition) is 2. The van der Waals surface area contributed by atoms with Crippen molar-refractivity contribution in [1.29, 1.82) is 0 Å². The minimum absolute atomic E-state index is 0.00726. The molecule has 2 aromatic carbocycles. The predicted molar refractivity (Wildman–Crippen MR) is 95.2 cm³/mol. The third kappa shape index (κ3) is 5.40. The predicted octanol–water partition coefficient (Wildman–Crippen LogP) is 4.17. The molecule has 4 heteroatoms. The van der Waals surface area contributed by atoms with Crippen molar-refractivity contribution in [3.63, 3.8) is 0 Å². The molecule has 1 aliphatic rings. The molecule has 0 saturated heterocycles. The first kappa shape index (κ1) is 17.6. The number of halogens is 1. The number of amides is 1. The molecule has 1 aliphatic carbocycles. The second-order valence-corrected chi connectivity index (χ2v) is 6.73. The Morgan fingerprint density at radius 1 is 1.12 bits per heavy atom. The summed E-state index contributed by atoms with van der Waals surface area (Å²) >= 11 is 0. The van der Waals surface area contributed by atoms with Gasteiger partial charge in [-0.3, -0.25) is 4.79 Å². The summed E-state index contributed by atoms with van der Waals surface area (Å²) in [5.41, 5.74) is 1.99. The van der Waals surface area contributed by atoms with E-state index >= 15 is 0 Å². The van der Waals surface area contributed by atoms with Crippen molar-refractivity contribution in [3.8, 4) is 0 Å². The normalized spacial score (nSPS) is 15.0. The van der Waals surface area contributed by atoms with Gasteiger partial charge >= 0.3 is 0 Å². The van der Waals surface area contributed by atoms with Crippen molar-refractivity contribution < 1.29 is 13.9 Å². The lowest BCUT2D eigenvalue weighted by atomic mass is 10.2. The van der Waals surface area contributed by atoms with E-state index in [0.717, 1.165) is 17.7 Å². The number of carbonyl (C=O) groups excluding carboxylic acids is 1. The summed E-state index contributed by atoms with van der Waals surface area (Å²) in [6.07, 6.45) is 1.85. The Hall–Kier alpha value is -2.20. The molecular formula is C21H24FNO2. The maximum absolute atomic E-state index is 13.1. The maximum Gasteiger partial charge on any atom is 0.251 e. The van der Waals surface area contributed by atoms with Crippen molar-refractivity contribution in [2.24, 2.45) is 5.92 Å². The molecule has 1 fully saturated rings. The molecule has 3 rings (SSSR count). The highest BCUT2D eigenvalue weighted by Gasteiger charge is 2.29. The lowest BCUT2D eigenvalue weighted by molar-refractivity contribution is -0.144. The molecule has 25 heavy (non-hydrogen) atoms. The van der Waals surface area contributed by atoms with E-state index in [1.165, 1.54) is 25.0 Å². The minimum atomic E-state index is -0.501. The van der Waals surface area contributed by atoms with Crippen LogP contribution in [0.4, 0.5) is 4.39 Å². The SMILES string of the molecule is CC(OCc1ccccc1)C(=O)N(Cc1ccc(F)cc1)CC1CC1. The molecule has 0 aliphatic heterocycles. The zero-order valence-corrected chi connectivity index (χ0v) is 14.5. The number of ether oxygens (including phenoxy) is 1. The summed E-state index contributed by atoms with van der Waals surface area (Å²) < 4.78 is 18.9. The molecule has 1 saturated carbocycles. The topological polar surface area (TPSA) is 29.5 Å². The lowest BCUT2D eigenvalue weighted by Gasteiger charge is -2.26. The van der Waals surface area contributed by atoms with Gasteiger partial charge in [0.1, 0.15) is 11.9 Å². The summed E-state index contributed by atoms with van der Waals surface area (Å²) in [5, 5.41) is 0. The van der Waals surface area contributed by atoms with Crippen molar-refractivity contribution in [2.75, 3.05) is 6.54 Å². The monoisotopic (exact) mass is 341 g/mol. The largest absolute Gasteiger partial charge is 0.364 e. The Morgan fingerprint density at radius 3 is 2.44 bits per heavy atom. The van der Waals surface area contributed by atoms with E-state index in [-0.39, 0.29) is 11.7 Å². The van der Waals surface area contributed by atoms with Gasteiger partial charge in [-0.25, -0.2) is 4.39 Å². The Labute approximate surface area is 148 Å². The van der Waals surface area contributed by atoms with Crippen LogP contribution in [-0.4, -0.2) is 23.5 Å². The van der Waals surface area contributed by atoms with E-state index in [0.29, 0.717) is 19.1 Å². The quantitative estimate of drug-likeness (QED) is 0.721. The summed E-state index contributed by atoms with van der Waals surface area (Å²) in [7, 11) is 0. The first-order valence-electron chi connectivity index (χ1n) is 8.80. The van der Waals surface area contributed by atoms with Crippen LogP contribution in [0.25, 0.3) is 0 Å². The Morgan fingerprint density at radius 2 is 1.80 bits per heavy atom. The Balaban J connectivity index is 1.60. The van der Waals surface area contributed by atoms with Crippen LogP contribution in [0.5, 0.6) is 0 Å². The van der Waals surface area contributed by atoms with Gasteiger partial charge in [-0.15, -0.1) is 0 Å². The van der Waals surface area contributed by atoms with Gasteiger partial charge in [0.2, 0.25) is 0 Å². The number of carbonyl (C=O) groups is 1. The van der Waals surface area contributed by atoms with Gasteiger partial charge in [0.15, 0.2) is 0 Å². The fraction of sp³-hybridized carbons (Fsp3) is 0.381. The van der Waals surface area contributed by atoms with E-state index < -0.39 is 6.10 Å². The molecule has 0 N–H and O–H groups in total. The second-order valence-electron chi connectivity index (χ2n) is 6.73. The average molecular weight is 341 g/mol. The van der Waals surface area contributed by atoms with Crippen LogP contribution in [0.2, 0.25) is 0 Å². The highest BCUT2D eigenvalue weighted by atomic mass is 19.1. The van der Waals surface area contributed by atoms with Crippen LogP contribution in [0.15, 0.2) is 54.6 Å². The van der Waals surface area contributed by atoms with Crippen LogP contribution in [-0.2, 0) is 22.7 Å². The van der Waals surface area contributed by atoms with E-state index in [1.54, 1.807) is 19.1 Å². The maximum atomic E-state index is 13.1. The van der Waals surface area contributed by atoms with Gasteiger partial charge < -0.3 is 9.64 Å². The van der Waals surface area contributed by atoms with Gasteiger partial charge in [0.25, 0.3) is 5.91 Å². The van der Waals surface area contributed by atoms with E-state index in [1.807, 2.05) is 35.2 Å². The highest BCUT2D eigenvalue weighted by Crippen LogP contribution is 2.30. The van der Waals surface area contributed by atoms with Crippen LogP contribution in [0.3, 0.4) is 0 Å². The van der Waals surface area contributed by atoms with Crippen LogP contribution < -0.4 is 0 Å². The number of rotatable bonds is 8. The minimum Gasteiger partial charge on any atom is -0.364 e. The van der Waals surface area contributed by atoms with Gasteiger partial charge in [-0.2, -0.15) is 0 Å². The molecule has 1 amide bonds. The third-order valence-corrected chi connectivity index (χ3v) is 4.46. The molecule has 0 heterocycles. The summed E-state index contributed by atoms with van der Waals surface area (Å²) in [6, 6.07) is 16.2.